The van der Waals surface area contributed by atoms with Crippen molar-refractivity contribution in [2.75, 3.05) is 24.6 Å². The number of fused-ring (bicyclic) bond motifs is 1. The smallest absolute Gasteiger partial charge is 0.340 e. The van der Waals surface area contributed by atoms with E-state index in [4.69, 9.17) is 27.9 Å². The standard InChI is InChI=1S/C22H24Cl2N2O5S/c1-14(2)12-25-32(29,30)20-10-16(17(23)11-18(20)24)22(28)31-13-21(27)26-9-5-7-15-6-3-4-8-19(15)26/h3-4,6,8,10-11,14,25H,5,7,9,12-13H2,1-2H3. The van der Waals surface area contributed by atoms with E-state index in [1.807, 2.05) is 38.1 Å². The number of para-hydroxylation sites is 1. The summed E-state index contributed by atoms with van der Waals surface area (Å²) in [7, 11) is -3.96. The van der Waals surface area contributed by atoms with Crippen LogP contribution >= 0.6 is 23.2 Å². The number of sulfonamides is 1. The Hall–Kier alpha value is -2.13. The molecule has 0 bridgehead atoms. The van der Waals surface area contributed by atoms with E-state index in [0.717, 1.165) is 30.2 Å². The number of aryl methyl sites for hydroxylation is 1. The van der Waals surface area contributed by atoms with E-state index in [0.29, 0.717) is 6.54 Å². The zero-order valence-corrected chi connectivity index (χ0v) is 20.1. The highest BCUT2D eigenvalue weighted by Crippen LogP contribution is 2.30. The molecule has 0 unspecified atom stereocenters. The molecule has 2 aromatic carbocycles. The normalized spacial score (nSPS) is 13.7. The Morgan fingerprint density at radius 2 is 1.88 bits per heavy atom. The zero-order valence-electron chi connectivity index (χ0n) is 17.7. The van der Waals surface area contributed by atoms with Gasteiger partial charge in [-0.05, 0) is 42.5 Å². The topological polar surface area (TPSA) is 92.8 Å². The van der Waals surface area contributed by atoms with Crippen LogP contribution in [-0.2, 0) is 26.0 Å². The minimum absolute atomic E-state index is 0.0708. The molecule has 10 heteroatoms. The molecule has 1 amide bonds. The van der Waals surface area contributed by atoms with Crippen molar-refractivity contribution in [3.05, 3.63) is 57.6 Å². The molecule has 0 saturated carbocycles. The number of nitrogens with zero attached hydrogens (tertiary/aromatic N) is 1. The highest BCUT2D eigenvalue weighted by atomic mass is 35.5. The lowest BCUT2D eigenvalue weighted by Gasteiger charge is -2.29. The van der Waals surface area contributed by atoms with Gasteiger partial charge in [-0.15, -0.1) is 0 Å². The molecule has 3 rings (SSSR count). The number of carbonyl (C=O) groups is 2. The van der Waals surface area contributed by atoms with Crippen LogP contribution in [0.2, 0.25) is 10.0 Å². The van der Waals surface area contributed by atoms with Crippen molar-refractivity contribution in [1.29, 1.82) is 0 Å². The molecule has 32 heavy (non-hydrogen) atoms. The number of amides is 1. The fourth-order valence-corrected chi connectivity index (χ4v) is 5.38. The summed E-state index contributed by atoms with van der Waals surface area (Å²) in [6.07, 6.45) is 1.69. The molecule has 7 nitrogen and oxygen atoms in total. The van der Waals surface area contributed by atoms with Crippen LogP contribution in [0.15, 0.2) is 41.3 Å². The van der Waals surface area contributed by atoms with Gasteiger partial charge in [0.15, 0.2) is 6.61 Å². The predicted octanol–water partition coefficient (Wildman–Crippen LogP) is 4.06. The Morgan fingerprint density at radius 1 is 1.16 bits per heavy atom. The second kappa shape index (κ2) is 10.2. The van der Waals surface area contributed by atoms with Crippen molar-refractivity contribution in [3.8, 4) is 0 Å². The Bertz CT molecular complexity index is 1140. The molecule has 0 radical (unpaired) electrons. The van der Waals surface area contributed by atoms with Crippen molar-refractivity contribution in [3.63, 3.8) is 0 Å². The van der Waals surface area contributed by atoms with Crippen LogP contribution in [0.25, 0.3) is 0 Å². The maximum absolute atomic E-state index is 12.7. The number of benzene rings is 2. The Labute approximate surface area is 197 Å². The minimum Gasteiger partial charge on any atom is -0.452 e. The average Bonchev–Trinajstić information content (AvgIpc) is 2.75. The van der Waals surface area contributed by atoms with Crippen LogP contribution in [0.5, 0.6) is 0 Å². The average molecular weight is 499 g/mol. The Kier molecular flexibility index (Phi) is 7.82. The van der Waals surface area contributed by atoms with Gasteiger partial charge in [-0.25, -0.2) is 17.9 Å². The first kappa shape index (κ1) is 24.5. The van der Waals surface area contributed by atoms with E-state index in [2.05, 4.69) is 4.72 Å². The molecule has 0 fully saturated rings. The van der Waals surface area contributed by atoms with Gasteiger partial charge in [0, 0.05) is 18.8 Å². The monoisotopic (exact) mass is 498 g/mol. The SMILES string of the molecule is CC(C)CNS(=O)(=O)c1cc(C(=O)OCC(=O)N2CCCc3ccccc32)c(Cl)cc1Cl. The molecule has 0 atom stereocenters. The Morgan fingerprint density at radius 3 is 2.59 bits per heavy atom. The number of ether oxygens (including phenoxy) is 1. The summed E-state index contributed by atoms with van der Waals surface area (Å²) in [4.78, 5) is 26.6. The van der Waals surface area contributed by atoms with Crippen molar-refractivity contribution in [1.82, 2.24) is 4.72 Å². The van der Waals surface area contributed by atoms with Gasteiger partial charge in [0.25, 0.3) is 5.91 Å². The van der Waals surface area contributed by atoms with Crippen LogP contribution < -0.4 is 9.62 Å². The molecule has 0 spiro atoms. The first-order chi connectivity index (χ1) is 15.1. The van der Waals surface area contributed by atoms with E-state index in [9.17, 15) is 18.0 Å². The molecule has 1 heterocycles. The van der Waals surface area contributed by atoms with Gasteiger partial charge in [-0.1, -0.05) is 55.2 Å². The number of nitrogens with one attached hydrogen (secondary N) is 1. The van der Waals surface area contributed by atoms with Crippen molar-refractivity contribution >= 4 is 50.8 Å². The number of anilines is 1. The van der Waals surface area contributed by atoms with Crippen molar-refractivity contribution in [2.45, 2.75) is 31.6 Å². The number of hydrogen-bond donors (Lipinski definition) is 1. The fraction of sp³-hybridized carbons (Fsp3) is 0.364. The van der Waals surface area contributed by atoms with E-state index in [1.165, 1.54) is 6.07 Å². The number of esters is 1. The van der Waals surface area contributed by atoms with Gasteiger partial charge in [0.2, 0.25) is 10.0 Å². The van der Waals surface area contributed by atoms with Crippen LogP contribution in [0.3, 0.4) is 0 Å². The Balaban J connectivity index is 1.75. The lowest BCUT2D eigenvalue weighted by atomic mass is 10.0. The molecule has 2 aromatic rings. The maximum Gasteiger partial charge on any atom is 0.340 e. The van der Waals surface area contributed by atoms with E-state index >= 15 is 0 Å². The number of hydrogen-bond acceptors (Lipinski definition) is 5. The molecule has 1 N–H and O–H groups in total. The van der Waals surface area contributed by atoms with Gasteiger partial charge in [-0.3, -0.25) is 4.79 Å². The summed E-state index contributed by atoms with van der Waals surface area (Å²) in [6.45, 7) is 3.94. The quantitative estimate of drug-likeness (QED) is 0.580. The zero-order chi connectivity index (χ0) is 23.5. The predicted molar refractivity (Wildman–Crippen MR) is 124 cm³/mol. The summed E-state index contributed by atoms with van der Waals surface area (Å²) in [6, 6.07) is 9.81. The van der Waals surface area contributed by atoms with Gasteiger partial charge in [0.1, 0.15) is 4.90 Å². The van der Waals surface area contributed by atoms with Crippen LogP contribution in [0.4, 0.5) is 5.69 Å². The molecular weight excluding hydrogens is 475 g/mol. The number of carbonyl (C=O) groups excluding carboxylic acids is 2. The summed E-state index contributed by atoms with van der Waals surface area (Å²) in [5.41, 5.74) is 1.67. The maximum atomic E-state index is 12.7. The minimum atomic E-state index is -3.96. The summed E-state index contributed by atoms with van der Waals surface area (Å²) >= 11 is 12.2. The molecule has 0 saturated heterocycles. The molecule has 172 valence electrons. The lowest BCUT2D eigenvalue weighted by molar-refractivity contribution is -0.121. The highest BCUT2D eigenvalue weighted by molar-refractivity contribution is 7.89. The third kappa shape index (κ3) is 5.61. The van der Waals surface area contributed by atoms with Crippen molar-refractivity contribution < 1.29 is 22.7 Å². The molecule has 0 aliphatic carbocycles. The second-order valence-electron chi connectivity index (χ2n) is 7.86. The highest BCUT2D eigenvalue weighted by Gasteiger charge is 2.26. The van der Waals surface area contributed by atoms with Gasteiger partial charge in [0.05, 0.1) is 15.6 Å². The summed E-state index contributed by atoms with van der Waals surface area (Å²) in [5.74, 6) is -1.21. The molecule has 1 aliphatic rings. The summed E-state index contributed by atoms with van der Waals surface area (Å²) < 4.78 is 32.8. The van der Waals surface area contributed by atoms with Gasteiger partial charge in [-0.2, -0.15) is 0 Å². The fourth-order valence-electron chi connectivity index (χ4n) is 3.32. The van der Waals surface area contributed by atoms with Gasteiger partial charge < -0.3 is 9.64 Å². The third-order valence-electron chi connectivity index (χ3n) is 4.95. The van der Waals surface area contributed by atoms with E-state index < -0.39 is 22.6 Å². The van der Waals surface area contributed by atoms with Crippen LogP contribution in [0, 0.1) is 5.92 Å². The number of rotatable bonds is 7. The first-order valence-corrected chi connectivity index (χ1v) is 12.4. The van der Waals surface area contributed by atoms with Gasteiger partial charge >= 0.3 is 5.97 Å². The van der Waals surface area contributed by atoms with Crippen molar-refractivity contribution in [2.24, 2.45) is 5.92 Å². The summed E-state index contributed by atoms with van der Waals surface area (Å²) in [5, 5.41) is -0.192. The number of halogens is 2. The van der Waals surface area contributed by atoms with E-state index in [1.54, 1.807) is 4.90 Å². The third-order valence-corrected chi connectivity index (χ3v) is 7.15. The van der Waals surface area contributed by atoms with E-state index in [-0.39, 0.29) is 38.9 Å². The van der Waals surface area contributed by atoms with Crippen LogP contribution in [-0.4, -0.2) is 40.0 Å². The molecule has 1 aliphatic heterocycles. The lowest BCUT2D eigenvalue weighted by Crippen LogP contribution is -2.38. The molecular formula is C22H24Cl2N2O5S. The first-order valence-electron chi connectivity index (χ1n) is 10.1. The molecule has 0 aromatic heterocycles. The van der Waals surface area contributed by atoms with Crippen LogP contribution in [0.1, 0.15) is 36.2 Å². The second-order valence-corrected chi connectivity index (χ2v) is 10.4. The largest absolute Gasteiger partial charge is 0.452 e.